The molecule has 194 valence electrons. The van der Waals surface area contributed by atoms with Gasteiger partial charge in [0.1, 0.15) is 0 Å². The molecule has 2 amide bonds. The zero-order valence-electron chi connectivity index (χ0n) is 21.4. The van der Waals surface area contributed by atoms with Crippen LogP contribution in [-0.2, 0) is 9.59 Å². The molecule has 0 radical (unpaired) electrons. The first kappa shape index (κ1) is 29.9. The molecule has 1 heterocycles. The maximum atomic E-state index is 12.2. The summed E-state index contributed by atoms with van der Waals surface area (Å²) in [6, 6.07) is -0.239. The van der Waals surface area contributed by atoms with E-state index in [1.165, 1.54) is 70.6 Å². The average molecular weight is 469 g/mol. The van der Waals surface area contributed by atoms with Gasteiger partial charge in [-0.3, -0.25) is 9.59 Å². The molecule has 6 nitrogen and oxygen atoms in total. The van der Waals surface area contributed by atoms with Gasteiger partial charge in [0.25, 0.3) is 0 Å². The Morgan fingerprint density at radius 1 is 0.788 bits per heavy atom. The number of aliphatic hydroxyl groups excluding tert-OH is 2. The Morgan fingerprint density at radius 3 is 1.88 bits per heavy atom. The Morgan fingerprint density at radius 2 is 1.30 bits per heavy atom. The molecule has 33 heavy (non-hydrogen) atoms. The summed E-state index contributed by atoms with van der Waals surface area (Å²) in [7, 11) is 0. The van der Waals surface area contributed by atoms with Crippen molar-refractivity contribution >= 4 is 11.8 Å². The third-order valence-corrected chi connectivity index (χ3v) is 6.82. The van der Waals surface area contributed by atoms with Crippen molar-refractivity contribution in [3.63, 3.8) is 0 Å². The van der Waals surface area contributed by atoms with Gasteiger partial charge in [0, 0.05) is 25.9 Å². The number of rotatable bonds is 21. The topological polar surface area (TPSA) is 89.9 Å². The van der Waals surface area contributed by atoms with Crippen LogP contribution in [-0.4, -0.2) is 58.8 Å². The normalized spacial score (nSPS) is 18.1. The van der Waals surface area contributed by atoms with Gasteiger partial charge < -0.3 is 20.4 Å². The predicted octanol–water partition coefficient (Wildman–Crippen LogP) is 5.10. The lowest BCUT2D eigenvalue weighted by atomic mass is 10.0. The monoisotopic (exact) mass is 468 g/mol. The molecule has 0 saturated carbocycles. The summed E-state index contributed by atoms with van der Waals surface area (Å²) in [6.45, 7) is 3.18. The van der Waals surface area contributed by atoms with Crippen LogP contribution in [0.15, 0.2) is 0 Å². The van der Waals surface area contributed by atoms with Crippen LogP contribution in [0.4, 0.5) is 0 Å². The van der Waals surface area contributed by atoms with E-state index in [2.05, 4.69) is 12.2 Å². The van der Waals surface area contributed by atoms with Crippen molar-refractivity contribution in [1.29, 1.82) is 0 Å². The lowest BCUT2D eigenvalue weighted by molar-refractivity contribution is -0.133. The van der Waals surface area contributed by atoms with E-state index in [1.54, 1.807) is 4.90 Å². The largest absolute Gasteiger partial charge is 0.394 e. The molecule has 1 fully saturated rings. The van der Waals surface area contributed by atoms with E-state index < -0.39 is 6.10 Å². The lowest BCUT2D eigenvalue weighted by Crippen LogP contribution is -2.37. The molecule has 1 saturated heterocycles. The molecule has 0 bridgehead atoms. The number of carbonyl (C=O) groups excluding carboxylic acids is 2. The number of likely N-dealkylation sites (tertiary alicyclic amines) is 1. The van der Waals surface area contributed by atoms with Crippen molar-refractivity contribution in [3.8, 4) is 0 Å². The first-order valence-corrected chi connectivity index (χ1v) is 13.9. The first-order valence-electron chi connectivity index (χ1n) is 13.9. The molecule has 0 aliphatic carbocycles. The van der Waals surface area contributed by atoms with Gasteiger partial charge in [-0.15, -0.1) is 0 Å². The third-order valence-electron chi connectivity index (χ3n) is 6.82. The minimum absolute atomic E-state index is 0.0112. The molecule has 6 heteroatoms. The van der Waals surface area contributed by atoms with Gasteiger partial charge >= 0.3 is 0 Å². The van der Waals surface area contributed by atoms with Gasteiger partial charge in [0.15, 0.2) is 0 Å². The van der Waals surface area contributed by atoms with Gasteiger partial charge in [-0.2, -0.15) is 0 Å². The zero-order chi connectivity index (χ0) is 24.2. The van der Waals surface area contributed by atoms with Crippen LogP contribution >= 0.6 is 0 Å². The Hall–Kier alpha value is -1.14. The van der Waals surface area contributed by atoms with Gasteiger partial charge in [-0.25, -0.2) is 0 Å². The molecule has 3 N–H and O–H groups in total. The highest BCUT2D eigenvalue weighted by molar-refractivity contribution is 5.77. The molecule has 0 unspecified atom stereocenters. The third kappa shape index (κ3) is 15.4. The first-order chi connectivity index (χ1) is 16.1. The van der Waals surface area contributed by atoms with E-state index in [4.69, 9.17) is 0 Å². The highest BCUT2D eigenvalue weighted by Gasteiger charge is 2.33. The standard InChI is InChI=1S/C27H52N2O4/c1-2-3-4-5-6-7-8-9-10-11-12-13-15-18-26(32)28-20-17-14-16-19-27(33)29-22-25(31)21-24(29)23-30/h24-25,30-31H,2-23H2,1H3,(H,28,32)/t24-,25+/m0/s1. The van der Waals surface area contributed by atoms with Gasteiger partial charge in [-0.1, -0.05) is 90.4 Å². The summed E-state index contributed by atoms with van der Waals surface area (Å²) in [4.78, 5) is 25.8. The van der Waals surface area contributed by atoms with E-state index in [-0.39, 0.29) is 24.5 Å². The summed E-state index contributed by atoms with van der Waals surface area (Å²) in [5.41, 5.74) is 0. The van der Waals surface area contributed by atoms with Gasteiger partial charge in [0.05, 0.1) is 18.8 Å². The van der Waals surface area contributed by atoms with Crippen LogP contribution in [0.1, 0.15) is 129 Å². The minimum atomic E-state index is -0.517. The highest BCUT2D eigenvalue weighted by atomic mass is 16.3. The van der Waals surface area contributed by atoms with Crippen molar-refractivity contribution in [2.75, 3.05) is 19.7 Å². The summed E-state index contributed by atoms with van der Waals surface area (Å²) in [5, 5.41) is 22.0. The Balaban J connectivity index is 1.84. The van der Waals surface area contributed by atoms with E-state index >= 15 is 0 Å². The van der Waals surface area contributed by atoms with Crippen molar-refractivity contribution in [1.82, 2.24) is 10.2 Å². The van der Waals surface area contributed by atoms with Crippen molar-refractivity contribution in [3.05, 3.63) is 0 Å². The maximum absolute atomic E-state index is 12.2. The predicted molar refractivity (Wildman–Crippen MR) is 135 cm³/mol. The number of nitrogens with one attached hydrogen (secondary N) is 1. The summed E-state index contributed by atoms with van der Waals surface area (Å²) >= 11 is 0. The Kier molecular flexibility index (Phi) is 18.3. The summed E-state index contributed by atoms with van der Waals surface area (Å²) in [6.07, 6.45) is 20.6. The number of hydrogen-bond acceptors (Lipinski definition) is 4. The minimum Gasteiger partial charge on any atom is -0.394 e. The Labute approximate surface area is 202 Å². The molecule has 0 spiro atoms. The fourth-order valence-corrected chi connectivity index (χ4v) is 4.71. The number of carbonyl (C=O) groups is 2. The fraction of sp³-hybridized carbons (Fsp3) is 0.926. The molecule has 0 aromatic rings. The lowest BCUT2D eigenvalue weighted by Gasteiger charge is -2.22. The number of amides is 2. The second kappa shape index (κ2) is 20.3. The number of aliphatic hydroxyl groups is 2. The van der Waals surface area contributed by atoms with Gasteiger partial charge in [-0.05, 0) is 25.7 Å². The number of unbranched alkanes of at least 4 members (excludes halogenated alkanes) is 14. The molecule has 1 rings (SSSR count). The van der Waals surface area contributed by atoms with E-state index in [9.17, 15) is 19.8 Å². The molecule has 1 aliphatic rings. The summed E-state index contributed by atoms with van der Waals surface area (Å²) < 4.78 is 0. The average Bonchev–Trinajstić information content (AvgIpc) is 3.20. The Bertz CT molecular complexity index is 501. The maximum Gasteiger partial charge on any atom is 0.222 e. The van der Waals surface area contributed by atoms with Crippen LogP contribution in [0.25, 0.3) is 0 Å². The molecule has 1 aliphatic heterocycles. The zero-order valence-corrected chi connectivity index (χ0v) is 21.4. The molecule has 2 atom stereocenters. The van der Waals surface area contributed by atoms with Crippen LogP contribution < -0.4 is 5.32 Å². The number of β-amino-alcohol motifs (C(OH)–C–C–N with tert-alkyl or cyclic N) is 1. The summed E-state index contributed by atoms with van der Waals surface area (Å²) in [5.74, 6) is 0.156. The fourth-order valence-electron chi connectivity index (χ4n) is 4.71. The van der Waals surface area contributed by atoms with Crippen LogP contribution in [0.5, 0.6) is 0 Å². The molecular formula is C27H52N2O4. The number of nitrogens with zero attached hydrogens (tertiary/aromatic N) is 1. The van der Waals surface area contributed by atoms with E-state index in [0.29, 0.717) is 32.4 Å². The molecule has 0 aromatic carbocycles. The van der Waals surface area contributed by atoms with Crippen LogP contribution in [0.2, 0.25) is 0 Å². The second-order valence-corrected chi connectivity index (χ2v) is 9.93. The van der Waals surface area contributed by atoms with Gasteiger partial charge in [0.2, 0.25) is 11.8 Å². The molecular weight excluding hydrogens is 416 g/mol. The molecule has 0 aromatic heterocycles. The van der Waals surface area contributed by atoms with E-state index in [1.807, 2.05) is 0 Å². The van der Waals surface area contributed by atoms with Crippen molar-refractivity contribution in [2.45, 2.75) is 141 Å². The number of hydrogen-bond donors (Lipinski definition) is 3. The smallest absolute Gasteiger partial charge is 0.222 e. The van der Waals surface area contributed by atoms with Crippen molar-refractivity contribution < 1.29 is 19.8 Å². The van der Waals surface area contributed by atoms with Crippen LogP contribution in [0, 0.1) is 0 Å². The quantitative estimate of drug-likeness (QED) is 0.204. The SMILES string of the molecule is CCCCCCCCCCCCCCCC(=O)NCCCCCC(=O)N1C[C@H](O)C[C@H]1CO. The highest BCUT2D eigenvalue weighted by Crippen LogP contribution is 2.19. The van der Waals surface area contributed by atoms with E-state index in [0.717, 1.165) is 32.1 Å². The second-order valence-electron chi connectivity index (χ2n) is 9.93. The van der Waals surface area contributed by atoms with Crippen LogP contribution in [0.3, 0.4) is 0 Å². The van der Waals surface area contributed by atoms with Crippen molar-refractivity contribution in [2.24, 2.45) is 0 Å².